The molecular formula is C11H25NO2. The fraction of sp³-hybridized carbons (Fsp3) is 1.00. The first-order chi connectivity index (χ1) is 6.21. The zero-order valence-corrected chi connectivity index (χ0v) is 10.3. The summed E-state index contributed by atoms with van der Waals surface area (Å²) in [4.78, 5) is 0. The van der Waals surface area contributed by atoms with E-state index in [0.29, 0.717) is 6.54 Å². The molecule has 0 rings (SSSR count). The molecule has 3 nitrogen and oxygen atoms in total. The van der Waals surface area contributed by atoms with Crippen molar-refractivity contribution >= 4 is 0 Å². The van der Waals surface area contributed by atoms with Gasteiger partial charge in [0.15, 0.2) is 0 Å². The smallest absolute Gasteiger partial charge is 0.0766 e. The Balaban J connectivity index is 3.85. The molecule has 0 spiro atoms. The second-order valence-corrected chi connectivity index (χ2v) is 5.08. The van der Waals surface area contributed by atoms with Crippen molar-refractivity contribution < 1.29 is 9.84 Å². The summed E-state index contributed by atoms with van der Waals surface area (Å²) >= 11 is 0. The average molecular weight is 203 g/mol. The SMILES string of the molecule is COC(C)(C)CNCC(C)(O)C(C)C. The van der Waals surface area contributed by atoms with Crippen LogP contribution >= 0.6 is 0 Å². The average Bonchev–Trinajstić information content (AvgIpc) is 2.03. The van der Waals surface area contributed by atoms with Crippen molar-refractivity contribution in [1.82, 2.24) is 5.32 Å². The highest BCUT2D eigenvalue weighted by atomic mass is 16.5. The van der Waals surface area contributed by atoms with Crippen LogP contribution in [0.15, 0.2) is 0 Å². The molecule has 0 aliphatic rings. The fourth-order valence-corrected chi connectivity index (χ4v) is 0.893. The van der Waals surface area contributed by atoms with Crippen molar-refractivity contribution in [1.29, 1.82) is 0 Å². The lowest BCUT2D eigenvalue weighted by atomic mass is 9.92. The van der Waals surface area contributed by atoms with Crippen LogP contribution in [0, 0.1) is 5.92 Å². The van der Waals surface area contributed by atoms with E-state index in [0.717, 1.165) is 6.54 Å². The first-order valence-corrected chi connectivity index (χ1v) is 5.19. The topological polar surface area (TPSA) is 41.5 Å². The minimum atomic E-state index is -0.649. The molecule has 0 saturated carbocycles. The van der Waals surface area contributed by atoms with Gasteiger partial charge in [-0.2, -0.15) is 0 Å². The van der Waals surface area contributed by atoms with Gasteiger partial charge in [-0.15, -0.1) is 0 Å². The molecule has 3 heteroatoms. The third-order valence-corrected chi connectivity index (χ3v) is 2.83. The van der Waals surface area contributed by atoms with E-state index in [4.69, 9.17) is 4.74 Å². The summed E-state index contributed by atoms with van der Waals surface area (Å²) in [6, 6.07) is 0. The van der Waals surface area contributed by atoms with Gasteiger partial charge in [-0.3, -0.25) is 0 Å². The van der Waals surface area contributed by atoms with Gasteiger partial charge in [0, 0.05) is 20.2 Å². The van der Waals surface area contributed by atoms with Gasteiger partial charge in [-0.1, -0.05) is 13.8 Å². The second-order valence-electron chi connectivity index (χ2n) is 5.08. The van der Waals surface area contributed by atoms with Crippen molar-refractivity contribution in [2.75, 3.05) is 20.2 Å². The van der Waals surface area contributed by atoms with Gasteiger partial charge < -0.3 is 15.2 Å². The lowest BCUT2D eigenvalue weighted by molar-refractivity contribution is -0.00455. The summed E-state index contributed by atoms with van der Waals surface area (Å²) in [5.41, 5.74) is -0.823. The van der Waals surface area contributed by atoms with Crippen molar-refractivity contribution in [3.8, 4) is 0 Å². The number of hydrogen-bond donors (Lipinski definition) is 2. The van der Waals surface area contributed by atoms with Gasteiger partial charge in [0.05, 0.1) is 11.2 Å². The normalized spacial score (nSPS) is 17.1. The summed E-state index contributed by atoms with van der Waals surface area (Å²) in [5.74, 6) is 0.251. The zero-order valence-electron chi connectivity index (χ0n) is 10.3. The quantitative estimate of drug-likeness (QED) is 0.686. The van der Waals surface area contributed by atoms with Gasteiger partial charge in [-0.05, 0) is 26.7 Å². The first kappa shape index (κ1) is 13.9. The second kappa shape index (κ2) is 5.10. The maximum absolute atomic E-state index is 9.96. The summed E-state index contributed by atoms with van der Waals surface area (Å²) in [7, 11) is 1.70. The summed E-state index contributed by atoms with van der Waals surface area (Å²) in [6.07, 6.45) is 0. The molecule has 0 radical (unpaired) electrons. The van der Waals surface area contributed by atoms with Crippen LogP contribution in [-0.2, 0) is 4.74 Å². The van der Waals surface area contributed by atoms with Crippen LogP contribution in [0.5, 0.6) is 0 Å². The molecule has 0 bridgehead atoms. The number of ether oxygens (including phenoxy) is 1. The number of methoxy groups -OCH3 is 1. The third kappa shape index (κ3) is 4.94. The molecule has 0 aromatic heterocycles. The zero-order chi connectivity index (χ0) is 11.4. The minimum Gasteiger partial charge on any atom is -0.389 e. The van der Waals surface area contributed by atoms with Crippen LogP contribution < -0.4 is 5.32 Å². The highest BCUT2D eigenvalue weighted by Crippen LogP contribution is 2.15. The number of nitrogens with one attached hydrogen (secondary N) is 1. The lowest BCUT2D eigenvalue weighted by Crippen LogP contribution is -2.46. The van der Waals surface area contributed by atoms with Crippen LogP contribution in [0.2, 0.25) is 0 Å². The Kier molecular flexibility index (Phi) is 5.06. The molecule has 0 fully saturated rings. The van der Waals surface area contributed by atoms with E-state index in [9.17, 15) is 5.11 Å². The van der Waals surface area contributed by atoms with Crippen LogP contribution in [0.1, 0.15) is 34.6 Å². The fourth-order valence-electron chi connectivity index (χ4n) is 0.893. The van der Waals surface area contributed by atoms with E-state index in [-0.39, 0.29) is 11.5 Å². The Bertz CT molecular complexity index is 165. The van der Waals surface area contributed by atoms with E-state index >= 15 is 0 Å². The Morgan fingerprint density at radius 2 is 1.71 bits per heavy atom. The van der Waals surface area contributed by atoms with Crippen LogP contribution in [0.3, 0.4) is 0 Å². The van der Waals surface area contributed by atoms with Crippen LogP contribution in [0.25, 0.3) is 0 Å². The predicted molar refractivity (Wildman–Crippen MR) is 59.4 cm³/mol. The molecule has 2 N–H and O–H groups in total. The third-order valence-electron chi connectivity index (χ3n) is 2.83. The summed E-state index contributed by atoms with van der Waals surface area (Å²) < 4.78 is 5.27. The molecule has 0 amide bonds. The van der Waals surface area contributed by atoms with Gasteiger partial charge in [0.1, 0.15) is 0 Å². The molecule has 0 heterocycles. The van der Waals surface area contributed by atoms with Crippen molar-refractivity contribution in [2.24, 2.45) is 5.92 Å². The standard InChI is InChI=1S/C11H25NO2/c1-9(2)11(5,13)8-12-7-10(3,4)14-6/h9,12-13H,7-8H2,1-6H3. The highest BCUT2D eigenvalue weighted by Gasteiger charge is 2.25. The van der Waals surface area contributed by atoms with Gasteiger partial charge in [0.2, 0.25) is 0 Å². The maximum atomic E-state index is 9.96. The molecule has 86 valence electrons. The largest absolute Gasteiger partial charge is 0.389 e. The highest BCUT2D eigenvalue weighted by molar-refractivity contribution is 4.81. The molecule has 0 aromatic rings. The summed E-state index contributed by atoms with van der Waals surface area (Å²) in [6.45, 7) is 11.3. The number of aliphatic hydroxyl groups is 1. The first-order valence-electron chi connectivity index (χ1n) is 5.19. The molecule has 1 atom stereocenters. The summed E-state index contributed by atoms with van der Waals surface area (Å²) in [5, 5.41) is 13.2. The molecule has 0 aliphatic carbocycles. The molecule has 1 unspecified atom stereocenters. The van der Waals surface area contributed by atoms with E-state index in [2.05, 4.69) is 5.32 Å². The Labute approximate surface area is 87.8 Å². The van der Waals surface area contributed by atoms with E-state index in [1.807, 2.05) is 34.6 Å². The molecular weight excluding hydrogens is 178 g/mol. The minimum absolute atomic E-state index is 0.174. The number of hydrogen-bond acceptors (Lipinski definition) is 3. The Morgan fingerprint density at radius 3 is 2.07 bits per heavy atom. The lowest BCUT2D eigenvalue weighted by Gasteiger charge is -2.30. The van der Waals surface area contributed by atoms with Gasteiger partial charge >= 0.3 is 0 Å². The molecule has 0 saturated heterocycles. The van der Waals surface area contributed by atoms with Crippen molar-refractivity contribution in [3.63, 3.8) is 0 Å². The van der Waals surface area contributed by atoms with Crippen LogP contribution in [0.4, 0.5) is 0 Å². The van der Waals surface area contributed by atoms with Crippen molar-refractivity contribution in [2.45, 2.75) is 45.8 Å². The Morgan fingerprint density at radius 1 is 1.21 bits per heavy atom. The van der Waals surface area contributed by atoms with Gasteiger partial charge in [0.25, 0.3) is 0 Å². The Hall–Kier alpha value is -0.120. The van der Waals surface area contributed by atoms with E-state index < -0.39 is 5.60 Å². The maximum Gasteiger partial charge on any atom is 0.0766 e. The predicted octanol–water partition coefficient (Wildman–Crippen LogP) is 1.41. The number of rotatable bonds is 6. The van der Waals surface area contributed by atoms with E-state index in [1.165, 1.54) is 0 Å². The molecule has 0 aliphatic heterocycles. The van der Waals surface area contributed by atoms with Gasteiger partial charge in [-0.25, -0.2) is 0 Å². The van der Waals surface area contributed by atoms with E-state index in [1.54, 1.807) is 7.11 Å². The molecule has 0 aromatic carbocycles. The van der Waals surface area contributed by atoms with Crippen molar-refractivity contribution in [3.05, 3.63) is 0 Å². The monoisotopic (exact) mass is 203 g/mol. The van der Waals surface area contributed by atoms with Crippen LogP contribution in [-0.4, -0.2) is 36.5 Å². The molecule has 14 heavy (non-hydrogen) atoms.